The van der Waals surface area contributed by atoms with Crippen molar-refractivity contribution in [2.24, 2.45) is 4.99 Å². The Morgan fingerprint density at radius 2 is 1.64 bits per heavy atom. The fourth-order valence-corrected chi connectivity index (χ4v) is 2.31. The summed E-state index contributed by atoms with van der Waals surface area (Å²) in [6, 6.07) is 3.72. The minimum atomic E-state index is 0.558. The van der Waals surface area contributed by atoms with Gasteiger partial charge in [0.25, 0.3) is 0 Å². The second-order valence-corrected chi connectivity index (χ2v) is 5.28. The first-order valence-corrected chi connectivity index (χ1v) is 8.51. The molecule has 0 spiro atoms. The van der Waals surface area contributed by atoms with Crippen LogP contribution in [0.5, 0.6) is 17.2 Å². The lowest BCUT2D eigenvalue weighted by atomic mass is 10.1. The van der Waals surface area contributed by atoms with E-state index in [0.717, 1.165) is 49.9 Å². The van der Waals surface area contributed by atoms with E-state index in [1.807, 2.05) is 19.1 Å². The maximum atomic E-state index is 5.44. The summed E-state index contributed by atoms with van der Waals surface area (Å²) in [6.45, 7) is 4.97. The first kappa shape index (κ1) is 20.9. The van der Waals surface area contributed by atoms with Gasteiger partial charge in [0.1, 0.15) is 5.75 Å². The number of aliphatic imine (C=N–C) groups is 1. The number of ether oxygens (including phenoxy) is 4. The van der Waals surface area contributed by atoms with E-state index in [2.05, 4.69) is 15.6 Å². The number of hydrogen-bond donors (Lipinski definition) is 2. The van der Waals surface area contributed by atoms with Crippen LogP contribution >= 0.6 is 0 Å². The van der Waals surface area contributed by atoms with E-state index in [0.29, 0.717) is 18.0 Å². The van der Waals surface area contributed by atoms with E-state index < -0.39 is 0 Å². The zero-order valence-corrected chi connectivity index (χ0v) is 16.0. The van der Waals surface area contributed by atoms with Crippen LogP contribution in [0.4, 0.5) is 0 Å². The highest BCUT2D eigenvalue weighted by atomic mass is 16.5. The van der Waals surface area contributed by atoms with E-state index in [-0.39, 0.29) is 0 Å². The molecule has 0 aliphatic carbocycles. The number of guanidine groups is 1. The van der Waals surface area contributed by atoms with E-state index in [9.17, 15) is 0 Å². The molecule has 0 unspecified atom stereocenters. The Morgan fingerprint density at radius 1 is 0.960 bits per heavy atom. The SMILES string of the molecule is CCOCCCCNC(=NC)NCc1cc(OC)c(OC)cc1OC. The molecular weight excluding hydrogens is 322 g/mol. The van der Waals surface area contributed by atoms with E-state index in [4.69, 9.17) is 18.9 Å². The summed E-state index contributed by atoms with van der Waals surface area (Å²) in [5.41, 5.74) is 0.958. The summed E-state index contributed by atoms with van der Waals surface area (Å²) >= 11 is 0. The van der Waals surface area contributed by atoms with Gasteiger partial charge in [-0.3, -0.25) is 4.99 Å². The van der Waals surface area contributed by atoms with Crippen molar-refractivity contribution >= 4 is 5.96 Å². The monoisotopic (exact) mass is 353 g/mol. The number of unbranched alkanes of at least 4 members (excludes halogenated alkanes) is 1. The van der Waals surface area contributed by atoms with E-state index >= 15 is 0 Å². The summed E-state index contributed by atoms with van der Waals surface area (Å²) in [6.07, 6.45) is 2.06. The smallest absolute Gasteiger partial charge is 0.191 e. The fourth-order valence-electron chi connectivity index (χ4n) is 2.31. The molecule has 0 aliphatic heterocycles. The molecule has 1 aromatic carbocycles. The van der Waals surface area contributed by atoms with Crippen LogP contribution in [0.2, 0.25) is 0 Å². The number of methoxy groups -OCH3 is 3. The standard InChI is InChI=1S/C18H31N3O4/c1-6-25-10-8-7-9-20-18(19-2)21-13-14-11-16(23-4)17(24-5)12-15(14)22-3/h11-12H,6-10,13H2,1-5H3,(H2,19,20,21). The average molecular weight is 353 g/mol. The van der Waals surface area contributed by atoms with Gasteiger partial charge in [-0.25, -0.2) is 0 Å². The molecule has 2 N–H and O–H groups in total. The first-order chi connectivity index (χ1) is 12.2. The van der Waals surface area contributed by atoms with Gasteiger partial charge < -0.3 is 29.6 Å². The zero-order valence-electron chi connectivity index (χ0n) is 16.0. The number of hydrogen-bond acceptors (Lipinski definition) is 5. The lowest BCUT2D eigenvalue weighted by molar-refractivity contribution is 0.143. The number of rotatable bonds is 11. The van der Waals surface area contributed by atoms with Crippen LogP contribution < -0.4 is 24.8 Å². The zero-order chi connectivity index (χ0) is 18.5. The molecule has 0 heterocycles. The Bertz CT molecular complexity index is 535. The second-order valence-electron chi connectivity index (χ2n) is 5.28. The van der Waals surface area contributed by atoms with E-state index in [1.165, 1.54) is 0 Å². The van der Waals surface area contributed by atoms with Gasteiger partial charge in [0.2, 0.25) is 0 Å². The molecular formula is C18H31N3O4. The van der Waals surface area contributed by atoms with Crippen LogP contribution in [0.1, 0.15) is 25.3 Å². The largest absolute Gasteiger partial charge is 0.496 e. The molecule has 0 saturated heterocycles. The van der Waals surface area contributed by atoms with Crippen LogP contribution in [0.3, 0.4) is 0 Å². The third kappa shape index (κ3) is 7.09. The van der Waals surface area contributed by atoms with Crippen LogP contribution in [0.15, 0.2) is 17.1 Å². The summed E-state index contributed by atoms with van der Waals surface area (Å²) < 4.78 is 21.4. The maximum absolute atomic E-state index is 5.44. The molecule has 0 saturated carbocycles. The molecule has 0 atom stereocenters. The summed E-state index contributed by atoms with van der Waals surface area (Å²) in [4.78, 5) is 4.24. The molecule has 0 radical (unpaired) electrons. The Balaban J connectivity index is 2.57. The van der Waals surface area contributed by atoms with Gasteiger partial charge in [-0.05, 0) is 25.8 Å². The van der Waals surface area contributed by atoms with Crippen LogP contribution in [-0.4, -0.2) is 54.1 Å². The third-order valence-electron chi connectivity index (χ3n) is 3.67. The predicted molar refractivity (Wildman–Crippen MR) is 100 cm³/mol. The van der Waals surface area contributed by atoms with E-state index in [1.54, 1.807) is 28.4 Å². The van der Waals surface area contributed by atoms with Gasteiger partial charge in [0.05, 0.1) is 21.3 Å². The molecule has 0 fully saturated rings. The molecule has 7 heteroatoms. The third-order valence-corrected chi connectivity index (χ3v) is 3.67. The predicted octanol–water partition coefficient (Wildman–Crippen LogP) is 2.19. The van der Waals surface area contributed by atoms with Crippen molar-refractivity contribution < 1.29 is 18.9 Å². The number of nitrogens with one attached hydrogen (secondary N) is 2. The van der Waals surface area contributed by atoms with Gasteiger partial charge in [-0.1, -0.05) is 0 Å². The van der Waals surface area contributed by atoms with Crippen LogP contribution in [0, 0.1) is 0 Å². The molecule has 0 amide bonds. The molecule has 1 rings (SSSR count). The molecule has 7 nitrogen and oxygen atoms in total. The Morgan fingerprint density at radius 3 is 2.24 bits per heavy atom. The highest BCUT2D eigenvalue weighted by Gasteiger charge is 2.12. The normalized spacial score (nSPS) is 11.2. The quantitative estimate of drug-likeness (QED) is 0.361. The van der Waals surface area contributed by atoms with Gasteiger partial charge in [0, 0.05) is 45.0 Å². The Labute approximate surface area is 150 Å². The lowest BCUT2D eigenvalue weighted by Gasteiger charge is -2.16. The summed E-state index contributed by atoms with van der Waals surface area (Å²) in [5, 5.41) is 6.57. The fraction of sp³-hybridized carbons (Fsp3) is 0.611. The second kappa shape index (κ2) is 12.2. The van der Waals surface area contributed by atoms with Crippen molar-refractivity contribution in [1.29, 1.82) is 0 Å². The van der Waals surface area contributed by atoms with Gasteiger partial charge in [0.15, 0.2) is 17.5 Å². The number of benzene rings is 1. The van der Waals surface area contributed by atoms with Crippen molar-refractivity contribution in [3.63, 3.8) is 0 Å². The van der Waals surface area contributed by atoms with Crippen molar-refractivity contribution in [2.75, 3.05) is 48.1 Å². The number of nitrogens with zero attached hydrogens (tertiary/aromatic N) is 1. The van der Waals surface area contributed by atoms with Gasteiger partial charge >= 0.3 is 0 Å². The minimum Gasteiger partial charge on any atom is -0.496 e. The highest BCUT2D eigenvalue weighted by molar-refractivity contribution is 5.79. The van der Waals surface area contributed by atoms with Gasteiger partial charge in [-0.15, -0.1) is 0 Å². The first-order valence-electron chi connectivity index (χ1n) is 8.51. The maximum Gasteiger partial charge on any atom is 0.191 e. The molecule has 1 aromatic rings. The highest BCUT2D eigenvalue weighted by Crippen LogP contribution is 2.34. The molecule has 25 heavy (non-hydrogen) atoms. The Hall–Kier alpha value is -2.15. The molecule has 0 aliphatic rings. The van der Waals surface area contributed by atoms with Gasteiger partial charge in [-0.2, -0.15) is 0 Å². The van der Waals surface area contributed by atoms with Crippen LogP contribution in [0.25, 0.3) is 0 Å². The molecule has 0 bridgehead atoms. The summed E-state index contributed by atoms with van der Waals surface area (Å²) in [7, 11) is 6.61. The van der Waals surface area contributed by atoms with Crippen molar-refractivity contribution in [3.05, 3.63) is 17.7 Å². The molecule has 0 aromatic heterocycles. The van der Waals surface area contributed by atoms with Crippen molar-refractivity contribution in [3.8, 4) is 17.2 Å². The van der Waals surface area contributed by atoms with Crippen LogP contribution in [-0.2, 0) is 11.3 Å². The Kier molecular flexibility index (Phi) is 10.2. The topological polar surface area (TPSA) is 73.3 Å². The lowest BCUT2D eigenvalue weighted by Crippen LogP contribution is -2.37. The van der Waals surface area contributed by atoms with Crippen molar-refractivity contribution in [1.82, 2.24) is 10.6 Å². The minimum absolute atomic E-state index is 0.558. The molecule has 142 valence electrons. The summed E-state index contributed by atoms with van der Waals surface area (Å²) in [5.74, 6) is 2.78. The van der Waals surface area contributed by atoms with Crippen molar-refractivity contribution in [2.45, 2.75) is 26.3 Å². The average Bonchev–Trinajstić information content (AvgIpc) is 2.66.